The number of aromatic nitrogens is 1. The quantitative estimate of drug-likeness (QED) is 0.104. The monoisotopic (exact) mass is 654 g/mol. The van der Waals surface area contributed by atoms with Crippen molar-refractivity contribution in [1.82, 2.24) is 20.1 Å². The number of carboxylic acid groups (broad SMARTS) is 1. The number of piperidine rings is 3. The van der Waals surface area contributed by atoms with Gasteiger partial charge in [0.15, 0.2) is 0 Å². The molecule has 48 heavy (non-hydrogen) atoms. The highest BCUT2D eigenvalue weighted by Crippen LogP contribution is 2.39. The lowest BCUT2D eigenvalue weighted by Gasteiger charge is -2.50. The van der Waals surface area contributed by atoms with Gasteiger partial charge in [0.25, 0.3) is 0 Å². The lowest BCUT2D eigenvalue weighted by molar-refractivity contribution is -0.000811. The molecule has 0 spiro atoms. The number of aliphatic hydroxyl groups is 1. The van der Waals surface area contributed by atoms with Crippen LogP contribution in [-0.4, -0.2) is 81.6 Å². The molecular formula is C38H46N4O6. The van der Waals surface area contributed by atoms with Gasteiger partial charge in [-0.1, -0.05) is 61.4 Å². The van der Waals surface area contributed by atoms with Crippen LogP contribution >= 0.6 is 0 Å². The molecule has 254 valence electrons. The molecule has 0 aliphatic carbocycles. The number of pyridine rings is 1. The molecule has 3 aliphatic rings. The lowest BCUT2D eigenvalue weighted by Crippen LogP contribution is -2.59. The number of ether oxygens (including phenoxy) is 1. The fraction of sp³-hybridized carbons (Fsp3) is 0.421. The molecule has 4 aromatic rings. The molecule has 10 heteroatoms. The van der Waals surface area contributed by atoms with E-state index in [2.05, 4.69) is 15.2 Å². The number of aromatic amines is 1. The van der Waals surface area contributed by atoms with Gasteiger partial charge in [0.05, 0.1) is 30.3 Å². The van der Waals surface area contributed by atoms with E-state index in [-0.39, 0.29) is 17.4 Å². The molecule has 3 aliphatic heterocycles. The largest absolute Gasteiger partial charge is 0.506 e. The van der Waals surface area contributed by atoms with Gasteiger partial charge in [-0.05, 0) is 92.2 Å². The lowest BCUT2D eigenvalue weighted by atomic mass is 9.81. The van der Waals surface area contributed by atoms with E-state index in [0.29, 0.717) is 35.5 Å². The Morgan fingerprint density at radius 3 is 2.48 bits per heavy atom. The number of carbonyl (C=O) groups is 1. The van der Waals surface area contributed by atoms with Crippen molar-refractivity contribution in [2.45, 2.75) is 56.7 Å². The van der Waals surface area contributed by atoms with E-state index in [0.717, 1.165) is 81.6 Å². The Kier molecular flexibility index (Phi) is 10.9. The summed E-state index contributed by atoms with van der Waals surface area (Å²) < 4.78 is 6.16. The number of fused-ring (bicyclic) bond motifs is 4. The van der Waals surface area contributed by atoms with Gasteiger partial charge in [-0.25, -0.2) is 4.79 Å². The number of aromatic hydroxyl groups is 1. The fourth-order valence-corrected chi connectivity index (χ4v) is 7.41. The maximum Gasteiger partial charge on any atom is 0.408 e. The van der Waals surface area contributed by atoms with E-state index < -0.39 is 18.2 Å². The van der Waals surface area contributed by atoms with Crippen molar-refractivity contribution in [1.29, 1.82) is 0 Å². The van der Waals surface area contributed by atoms with Gasteiger partial charge in [0.2, 0.25) is 5.56 Å². The number of nitrogens with one attached hydrogen (secondary N) is 2. The highest BCUT2D eigenvalue weighted by molar-refractivity contribution is 5.87. The van der Waals surface area contributed by atoms with Crippen molar-refractivity contribution in [3.8, 4) is 11.5 Å². The van der Waals surface area contributed by atoms with Crippen LogP contribution in [0.3, 0.4) is 0 Å². The molecule has 0 saturated carbocycles. The van der Waals surface area contributed by atoms with Crippen LogP contribution in [0.1, 0.15) is 67.4 Å². The van der Waals surface area contributed by atoms with Crippen LogP contribution < -0.4 is 15.6 Å². The molecule has 1 unspecified atom stereocenters. The van der Waals surface area contributed by atoms with Crippen LogP contribution in [-0.2, 0) is 0 Å². The number of phenolic OH excluding ortho intramolecular Hbond substituents is 1. The Hall–Kier alpha value is -4.38. The first-order valence-electron chi connectivity index (χ1n) is 17.1. The topological polar surface area (TPSA) is 138 Å². The number of H-pyrrole nitrogens is 1. The molecule has 2 bridgehead atoms. The normalized spacial score (nSPS) is 20.0. The highest BCUT2D eigenvalue weighted by atomic mass is 16.5. The third kappa shape index (κ3) is 7.84. The van der Waals surface area contributed by atoms with E-state index in [4.69, 9.17) is 4.74 Å². The number of aliphatic hydroxyl groups excluding tert-OH is 1. The molecule has 5 N–H and O–H groups in total. The van der Waals surface area contributed by atoms with Crippen molar-refractivity contribution in [2.24, 2.45) is 5.92 Å². The Bertz CT molecular complexity index is 1720. The zero-order valence-corrected chi connectivity index (χ0v) is 27.3. The maximum atomic E-state index is 12.9. The smallest absolute Gasteiger partial charge is 0.408 e. The van der Waals surface area contributed by atoms with E-state index in [9.17, 15) is 24.9 Å². The summed E-state index contributed by atoms with van der Waals surface area (Å²) in [7, 11) is 0. The number of amides is 1. The number of benzene rings is 3. The fourth-order valence-electron chi connectivity index (χ4n) is 7.41. The summed E-state index contributed by atoms with van der Waals surface area (Å²) in [6.07, 6.45) is 4.28. The first-order chi connectivity index (χ1) is 23.4. The van der Waals surface area contributed by atoms with Crippen molar-refractivity contribution >= 4 is 17.0 Å². The number of unbranched alkanes of at least 4 members (excludes halogenated alkanes) is 3. The molecule has 3 atom stereocenters. The van der Waals surface area contributed by atoms with E-state index in [1.807, 2.05) is 54.6 Å². The number of rotatable bonds is 15. The van der Waals surface area contributed by atoms with Gasteiger partial charge in [-0.15, -0.1) is 0 Å². The third-order valence-corrected chi connectivity index (χ3v) is 9.89. The molecule has 1 amide bonds. The first-order valence-corrected chi connectivity index (χ1v) is 17.1. The predicted molar refractivity (Wildman–Crippen MR) is 186 cm³/mol. The Balaban J connectivity index is 0.980. The minimum absolute atomic E-state index is 0.0239. The number of phenols is 1. The second-order valence-electron chi connectivity index (χ2n) is 13.0. The summed E-state index contributed by atoms with van der Waals surface area (Å²) in [6, 6.07) is 23.6. The van der Waals surface area contributed by atoms with Crippen molar-refractivity contribution in [3.05, 3.63) is 106 Å². The van der Waals surface area contributed by atoms with Crippen LogP contribution in [0.25, 0.3) is 10.9 Å². The average molecular weight is 655 g/mol. The Morgan fingerprint density at radius 2 is 1.73 bits per heavy atom. The van der Waals surface area contributed by atoms with Gasteiger partial charge in [-0.2, -0.15) is 0 Å². The number of hydrogen-bond acceptors (Lipinski definition) is 7. The van der Waals surface area contributed by atoms with Gasteiger partial charge in [0.1, 0.15) is 11.5 Å². The zero-order valence-electron chi connectivity index (χ0n) is 27.3. The second kappa shape index (κ2) is 15.7. The van der Waals surface area contributed by atoms with Gasteiger partial charge in [0, 0.05) is 24.5 Å². The summed E-state index contributed by atoms with van der Waals surface area (Å²) in [5, 5.41) is 35.3. The first kappa shape index (κ1) is 33.5. The molecule has 0 radical (unpaired) electrons. The van der Waals surface area contributed by atoms with Crippen LogP contribution in [0.4, 0.5) is 4.79 Å². The second-order valence-corrected chi connectivity index (χ2v) is 13.0. The molecular weight excluding hydrogens is 608 g/mol. The minimum Gasteiger partial charge on any atom is -0.506 e. The molecule has 7 rings (SSSR count). The average Bonchev–Trinajstić information content (AvgIpc) is 3.11. The summed E-state index contributed by atoms with van der Waals surface area (Å²) in [5.41, 5.74) is 2.55. The van der Waals surface area contributed by atoms with Gasteiger partial charge in [-0.3, -0.25) is 9.69 Å². The molecule has 10 nitrogen and oxygen atoms in total. The Labute approximate surface area is 281 Å². The molecule has 4 heterocycles. The zero-order chi connectivity index (χ0) is 33.5. The third-order valence-electron chi connectivity index (χ3n) is 9.89. The summed E-state index contributed by atoms with van der Waals surface area (Å²) in [6.45, 7) is 4.58. The molecule has 3 aromatic carbocycles. The van der Waals surface area contributed by atoms with Crippen LogP contribution in [0.2, 0.25) is 0 Å². The maximum absolute atomic E-state index is 12.9. The summed E-state index contributed by atoms with van der Waals surface area (Å²) >= 11 is 0. The van der Waals surface area contributed by atoms with Crippen molar-refractivity contribution in [2.75, 3.05) is 39.3 Å². The van der Waals surface area contributed by atoms with Crippen molar-refractivity contribution < 1.29 is 24.9 Å². The minimum atomic E-state index is -0.885. The van der Waals surface area contributed by atoms with Crippen molar-refractivity contribution in [3.63, 3.8) is 0 Å². The van der Waals surface area contributed by atoms with Crippen LogP contribution in [0.5, 0.6) is 11.5 Å². The Morgan fingerprint density at radius 1 is 0.958 bits per heavy atom. The van der Waals surface area contributed by atoms with Gasteiger partial charge < -0.3 is 35.3 Å². The summed E-state index contributed by atoms with van der Waals surface area (Å²) in [5.74, 6) is 1.10. The molecule has 3 fully saturated rings. The van der Waals surface area contributed by atoms with E-state index in [1.165, 1.54) is 12.1 Å². The standard InChI is InChI=1S/C38H46N4O6/c43-33-15-13-30(31-14-16-35(45)40-36(31)33)34(44)24-39-19-6-1-2-7-22-48-29-12-8-11-28(23-29)37(27-9-4-3-5-10-27)42(38(46)47)32-25-41-20-17-26(32)18-21-41/h3-5,8-16,23,26,32,34,37,39,43-44H,1-2,6-7,17-22,24-25H2,(H,40,45)(H,46,47)/t32?,34-,37+/m0/s1. The van der Waals surface area contributed by atoms with Gasteiger partial charge >= 0.3 is 6.09 Å². The molecule has 1 aromatic heterocycles. The highest BCUT2D eigenvalue weighted by Gasteiger charge is 2.43. The number of nitrogens with zero attached hydrogens (tertiary/aromatic N) is 2. The SMILES string of the molecule is O=C(O)N(C1CN2CCC1CC2)[C@H](c1ccccc1)c1cccc(OCCCCCCNC[C@H](O)c2ccc(O)c3[nH]c(=O)ccc23)c1. The van der Waals surface area contributed by atoms with E-state index >= 15 is 0 Å². The van der Waals surface area contributed by atoms with Crippen LogP contribution in [0, 0.1) is 5.92 Å². The molecule has 3 saturated heterocycles. The van der Waals surface area contributed by atoms with Crippen LogP contribution in [0.15, 0.2) is 83.7 Å². The predicted octanol–water partition coefficient (Wildman–Crippen LogP) is 5.66. The number of hydrogen-bond donors (Lipinski definition) is 5. The summed E-state index contributed by atoms with van der Waals surface area (Å²) in [4.78, 5) is 31.3. The van der Waals surface area contributed by atoms with E-state index in [1.54, 1.807) is 17.0 Å².